The average molecular weight is 394 g/mol. The van der Waals surface area contributed by atoms with Crippen molar-refractivity contribution >= 4 is 28.4 Å². The van der Waals surface area contributed by atoms with Crippen molar-refractivity contribution in [2.24, 2.45) is 7.05 Å². The predicted molar refractivity (Wildman–Crippen MR) is 109 cm³/mol. The molecule has 0 atom stereocenters. The third kappa shape index (κ3) is 3.22. The van der Waals surface area contributed by atoms with Gasteiger partial charge in [-0.05, 0) is 24.1 Å². The van der Waals surface area contributed by atoms with Gasteiger partial charge in [0.05, 0.1) is 11.3 Å². The van der Waals surface area contributed by atoms with Crippen LogP contribution in [0.5, 0.6) is 0 Å². The van der Waals surface area contributed by atoms with Gasteiger partial charge in [-0.25, -0.2) is 4.39 Å². The Morgan fingerprint density at radius 2 is 2.00 bits per heavy atom. The number of rotatable bonds is 6. The Kier molecular flexibility index (Phi) is 5.00. The zero-order chi connectivity index (χ0) is 19.7. The summed E-state index contributed by atoms with van der Waals surface area (Å²) in [7, 11) is 1.77. The number of aromatic nitrogens is 4. The first-order valence-electron chi connectivity index (χ1n) is 8.99. The molecule has 0 bridgehead atoms. The molecule has 0 fully saturated rings. The number of benzene rings is 2. The van der Waals surface area contributed by atoms with Crippen molar-refractivity contribution in [3.63, 3.8) is 0 Å². The first kappa shape index (κ1) is 18.4. The lowest BCUT2D eigenvalue weighted by atomic mass is 10.1. The van der Waals surface area contributed by atoms with Crippen LogP contribution in [0.4, 0.5) is 4.39 Å². The van der Waals surface area contributed by atoms with Gasteiger partial charge in [0.25, 0.3) is 0 Å². The Balaban J connectivity index is 1.54. The topological polar surface area (TPSA) is 63.6 Å². The number of ketones is 1. The molecular formula is C21H19FN4OS. The Hall–Kier alpha value is -2.93. The molecule has 0 amide bonds. The van der Waals surface area contributed by atoms with Gasteiger partial charge in [0, 0.05) is 29.7 Å². The number of nitrogens with one attached hydrogen (secondary N) is 1. The summed E-state index contributed by atoms with van der Waals surface area (Å²) in [4.78, 5) is 16.0. The SMILES string of the molecule is CCc1cccc2c(C(=O)CSc3nnc(-c4ccccc4F)n3C)c[nH]c12. The van der Waals surface area contributed by atoms with Crippen LogP contribution in [0.25, 0.3) is 22.3 Å². The number of H-pyrrole nitrogens is 1. The molecule has 7 heteroatoms. The number of hydrogen-bond acceptors (Lipinski definition) is 4. The van der Waals surface area contributed by atoms with Crippen molar-refractivity contribution in [1.82, 2.24) is 19.7 Å². The van der Waals surface area contributed by atoms with E-state index in [1.807, 2.05) is 12.1 Å². The smallest absolute Gasteiger partial charge is 0.191 e. The van der Waals surface area contributed by atoms with Gasteiger partial charge in [-0.2, -0.15) is 0 Å². The number of carbonyl (C=O) groups excluding carboxylic acids is 1. The number of aromatic amines is 1. The highest BCUT2D eigenvalue weighted by Crippen LogP contribution is 2.27. The number of Topliss-reactive ketones (excluding diaryl/α,β-unsaturated/α-hetero) is 1. The van der Waals surface area contributed by atoms with Crippen LogP contribution in [0, 0.1) is 5.82 Å². The molecule has 2 heterocycles. The molecule has 0 aliphatic carbocycles. The summed E-state index contributed by atoms with van der Waals surface area (Å²) >= 11 is 1.30. The Morgan fingerprint density at radius 1 is 1.18 bits per heavy atom. The van der Waals surface area contributed by atoms with E-state index in [-0.39, 0.29) is 17.4 Å². The van der Waals surface area contributed by atoms with Crippen LogP contribution in [0.1, 0.15) is 22.8 Å². The van der Waals surface area contributed by atoms with Crippen LogP contribution >= 0.6 is 11.8 Å². The number of fused-ring (bicyclic) bond motifs is 1. The molecule has 5 nitrogen and oxygen atoms in total. The van der Waals surface area contributed by atoms with Gasteiger partial charge < -0.3 is 9.55 Å². The number of nitrogens with zero attached hydrogens (tertiary/aromatic N) is 3. The molecule has 4 rings (SSSR count). The van der Waals surface area contributed by atoms with E-state index in [0.717, 1.165) is 17.3 Å². The number of aryl methyl sites for hydroxylation is 1. The second-order valence-electron chi connectivity index (χ2n) is 6.45. The summed E-state index contributed by atoms with van der Waals surface area (Å²) in [5.74, 6) is 0.329. The van der Waals surface area contributed by atoms with Gasteiger partial charge in [0.15, 0.2) is 16.8 Å². The summed E-state index contributed by atoms with van der Waals surface area (Å²) in [5.41, 5.74) is 3.26. The summed E-state index contributed by atoms with van der Waals surface area (Å²) in [6, 6.07) is 12.4. The van der Waals surface area contributed by atoms with E-state index in [2.05, 4.69) is 28.2 Å². The fourth-order valence-corrected chi connectivity index (χ4v) is 4.06. The quantitative estimate of drug-likeness (QED) is 0.382. The molecule has 0 aliphatic heterocycles. The third-order valence-electron chi connectivity index (χ3n) is 4.77. The number of para-hydroxylation sites is 1. The molecule has 1 N–H and O–H groups in total. The van der Waals surface area contributed by atoms with Crippen molar-refractivity contribution in [3.8, 4) is 11.4 Å². The van der Waals surface area contributed by atoms with Crippen molar-refractivity contribution < 1.29 is 9.18 Å². The summed E-state index contributed by atoms with van der Waals surface area (Å²) in [6.45, 7) is 2.09. The van der Waals surface area contributed by atoms with E-state index >= 15 is 0 Å². The van der Waals surface area contributed by atoms with Crippen LogP contribution in [-0.4, -0.2) is 31.3 Å². The first-order valence-corrected chi connectivity index (χ1v) is 9.98. The minimum absolute atomic E-state index is 0.0138. The van der Waals surface area contributed by atoms with Crippen LogP contribution in [0.3, 0.4) is 0 Å². The molecule has 0 radical (unpaired) electrons. The minimum atomic E-state index is -0.351. The van der Waals surface area contributed by atoms with E-state index in [1.54, 1.807) is 36.0 Å². The maximum absolute atomic E-state index is 14.0. The summed E-state index contributed by atoms with van der Waals surface area (Å²) < 4.78 is 15.7. The van der Waals surface area contributed by atoms with Crippen molar-refractivity contribution in [2.45, 2.75) is 18.5 Å². The maximum atomic E-state index is 14.0. The Morgan fingerprint density at radius 3 is 2.79 bits per heavy atom. The molecule has 142 valence electrons. The van der Waals surface area contributed by atoms with Crippen LogP contribution < -0.4 is 0 Å². The lowest BCUT2D eigenvalue weighted by Gasteiger charge is -2.04. The normalized spacial score (nSPS) is 11.2. The van der Waals surface area contributed by atoms with E-state index in [4.69, 9.17) is 0 Å². The van der Waals surface area contributed by atoms with Gasteiger partial charge in [0.2, 0.25) is 0 Å². The highest BCUT2D eigenvalue weighted by Gasteiger charge is 2.18. The van der Waals surface area contributed by atoms with Gasteiger partial charge in [-0.1, -0.05) is 49.0 Å². The molecule has 0 spiro atoms. The molecule has 2 aromatic heterocycles. The largest absolute Gasteiger partial charge is 0.360 e. The Labute approximate surface area is 166 Å². The van der Waals surface area contributed by atoms with Gasteiger partial charge >= 0.3 is 0 Å². The van der Waals surface area contributed by atoms with Crippen molar-refractivity contribution in [1.29, 1.82) is 0 Å². The van der Waals surface area contributed by atoms with Crippen LogP contribution in [0.15, 0.2) is 53.8 Å². The third-order valence-corrected chi connectivity index (χ3v) is 5.79. The van der Waals surface area contributed by atoms with E-state index in [9.17, 15) is 9.18 Å². The summed E-state index contributed by atoms with van der Waals surface area (Å²) in [6.07, 6.45) is 2.67. The van der Waals surface area contributed by atoms with Crippen molar-refractivity contribution in [2.75, 3.05) is 5.75 Å². The van der Waals surface area contributed by atoms with Crippen LogP contribution in [0.2, 0.25) is 0 Å². The van der Waals surface area contributed by atoms with Crippen molar-refractivity contribution in [3.05, 3.63) is 65.6 Å². The van der Waals surface area contributed by atoms with Gasteiger partial charge in [-0.3, -0.25) is 4.79 Å². The van der Waals surface area contributed by atoms with Crippen LogP contribution in [-0.2, 0) is 13.5 Å². The standard InChI is InChI=1S/C21H19FN4OS/c1-3-13-7-6-9-14-16(11-23-19(13)14)18(27)12-28-21-25-24-20(26(21)2)15-8-4-5-10-17(15)22/h4-11,23H,3,12H2,1-2H3. The fraction of sp³-hybridized carbons (Fsp3) is 0.190. The lowest BCUT2D eigenvalue weighted by Crippen LogP contribution is -2.03. The molecule has 0 saturated carbocycles. The zero-order valence-corrected chi connectivity index (χ0v) is 16.4. The first-order chi connectivity index (χ1) is 13.6. The highest BCUT2D eigenvalue weighted by molar-refractivity contribution is 7.99. The van der Waals surface area contributed by atoms with E-state index in [1.165, 1.54) is 23.4 Å². The van der Waals surface area contributed by atoms with Gasteiger partial charge in [-0.15, -0.1) is 10.2 Å². The highest BCUT2D eigenvalue weighted by atomic mass is 32.2. The molecule has 2 aromatic carbocycles. The van der Waals surface area contributed by atoms with E-state index in [0.29, 0.717) is 22.1 Å². The van der Waals surface area contributed by atoms with Gasteiger partial charge in [0.1, 0.15) is 5.82 Å². The lowest BCUT2D eigenvalue weighted by molar-refractivity contribution is 0.102. The summed E-state index contributed by atoms with van der Waals surface area (Å²) in [5, 5.41) is 9.73. The Bertz CT molecular complexity index is 1160. The second kappa shape index (κ2) is 7.59. The molecule has 0 unspecified atom stereocenters. The second-order valence-corrected chi connectivity index (χ2v) is 7.39. The number of thioether (sulfide) groups is 1. The molecule has 28 heavy (non-hydrogen) atoms. The van der Waals surface area contributed by atoms with E-state index < -0.39 is 0 Å². The number of carbonyl (C=O) groups is 1. The predicted octanol–water partition coefficient (Wildman–Crippen LogP) is 4.64. The maximum Gasteiger partial charge on any atom is 0.191 e. The monoisotopic (exact) mass is 394 g/mol. The minimum Gasteiger partial charge on any atom is -0.360 e. The fourth-order valence-electron chi connectivity index (χ4n) is 3.27. The number of hydrogen-bond donors (Lipinski definition) is 1. The number of halogens is 1. The molecule has 4 aromatic rings. The molecule has 0 aliphatic rings. The molecular weight excluding hydrogens is 375 g/mol. The zero-order valence-electron chi connectivity index (χ0n) is 15.6. The molecule has 0 saturated heterocycles. The average Bonchev–Trinajstić information content (AvgIpc) is 3.30.